The molecule has 0 aliphatic carbocycles. The molecule has 1 saturated heterocycles. The Morgan fingerprint density at radius 2 is 2.24 bits per heavy atom. The SMILES string of the molecule is N#Cc1ccccc1CN1C[C@@H](F)C[C@H]1CO. The Hall–Kier alpha value is -1.44. The van der Waals surface area contributed by atoms with Gasteiger partial charge in [0.05, 0.1) is 18.2 Å². The first-order valence-corrected chi connectivity index (χ1v) is 5.71. The van der Waals surface area contributed by atoms with Crippen LogP contribution in [0.5, 0.6) is 0 Å². The van der Waals surface area contributed by atoms with Crippen molar-refractivity contribution < 1.29 is 9.50 Å². The molecule has 3 nitrogen and oxygen atoms in total. The Morgan fingerprint density at radius 3 is 2.94 bits per heavy atom. The molecule has 0 unspecified atom stereocenters. The van der Waals surface area contributed by atoms with Gasteiger partial charge < -0.3 is 5.11 Å². The van der Waals surface area contributed by atoms with E-state index < -0.39 is 6.17 Å². The van der Waals surface area contributed by atoms with Crippen LogP contribution in [0.4, 0.5) is 4.39 Å². The first kappa shape index (κ1) is 12.0. The number of rotatable bonds is 3. The minimum atomic E-state index is -0.874. The van der Waals surface area contributed by atoms with E-state index in [4.69, 9.17) is 5.26 Å². The van der Waals surface area contributed by atoms with Gasteiger partial charge in [0.1, 0.15) is 6.17 Å². The van der Waals surface area contributed by atoms with Crippen LogP contribution < -0.4 is 0 Å². The van der Waals surface area contributed by atoms with Gasteiger partial charge in [-0.25, -0.2) is 4.39 Å². The van der Waals surface area contributed by atoms with Gasteiger partial charge in [-0.2, -0.15) is 5.26 Å². The van der Waals surface area contributed by atoms with Crippen molar-refractivity contribution in [1.82, 2.24) is 4.90 Å². The van der Waals surface area contributed by atoms with Gasteiger partial charge in [-0.15, -0.1) is 0 Å². The second kappa shape index (κ2) is 5.26. The summed E-state index contributed by atoms with van der Waals surface area (Å²) in [6, 6.07) is 9.31. The largest absolute Gasteiger partial charge is 0.395 e. The topological polar surface area (TPSA) is 47.3 Å². The predicted molar refractivity (Wildman–Crippen MR) is 62.0 cm³/mol. The molecule has 0 spiro atoms. The van der Waals surface area contributed by atoms with Gasteiger partial charge in [0.15, 0.2) is 0 Å². The molecule has 1 aromatic rings. The quantitative estimate of drug-likeness (QED) is 0.861. The fraction of sp³-hybridized carbons (Fsp3) is 0.462. The van der Waals surface area contributed by atoms with E-state index in [0.717, 1.165) is 5.56 Å². The molecule has 4 heteroatoms. The Kier molecular flexibility index (Phi) is 3.72. The molecule has 0 aromatic heterocycles. The lowest BCUT2D eigenvalue weighted by molar-refractivity contribution is 0.153. The summed E-state index contributed by atoms with van der Waals surface area (Å²) in [4.78, 5) is 1.90. The summed E-state index contributed by atoms with van der Waals surface area (Å²) < 4.78 is 13.3. The zero-order valence-corrected chi connectivity index (χ0v) is 9.51. The molecule has 1 aliphatic heterocycles. The Balaban J connectivity index is 2.13. The lowest BCUT2D eigenvalue weighted by atomic mass is 10.1. The summed E-state index contributed by atoms with van der Waals surface area (Å²) in [5.74, 6) is 0. The fourth-order valence-electron chi connectivity index (χ4n) is 2.29. The van der Waals surface area contributed by atoms with Crippen LogP contribution in [0.25, 0.3) is 0 Å². The summed E-state index contributed by atoms with van der Waals surface area (Å²) in [5, 5.41) is 18.2. The van der Waals surface area contributed by atoms with Gasteiger partial charge in [-0.1, -0.05) is 18.2 Å². The normalized spacial score (nSPS) is 24.8. The molecule has 1 heterocycles. The van der Waals surface area contributed by atoms with Crippen molar-refractivity contribution in [2.24, 2.45) is 0 Å². The van der Waals surface area contributed by atoms with Gasteiger partial charge in [0.2, 0.25) is 0 Å². The van der Waals surface area contributed by atoms with Gasteiger partial charge in [-0.05, 0) is 18.1 Å². The number of aliphatic hydroxyl groups excluding tert-OH is 1. The van der Waals surface area contributed by atoms with Crippen LogP contribution in [0.2, 0.25) is 0 Å². The van der Waals surface area contributed by atoms with Crippen LogP contribution in [0.3, 0.4) is 0 Å². The molecular weight excluding hydrogens is 219 g/mol. The number of hydrogen-bond donors (Lipinski definition) is 1. The van der Waals surface area contributed by atoms with Crippen molar-refractivity contribution in [3.63, 3.8) is 0 Å². The summed E-state index contributed by atoms with van der Waals surface area (Å²) in [5.41, 5.74) is 1.51. The molecule has 0 bridgehead atoms. The number of halogens is 1. The van der Waals surface area contributed by atoms with E-state index in [2.05, 4.69) is 6.07 Å². The standard InChI is InChI=1S/C13H15FN2O/c14-12-5-13(9-17)16(8-12)7-11-4-2-1-3-10(11)6-15/h1-4,12-13,17H,5,7-9H2/t12-,13-/m0/s1. The molecule has 90 valence electrons. The van der Waals surface area contributed by atoms with Crippen molar-refractivity contribution in [2.75, 3.05) is 13.2 Å². The maximum absolute atomic E-state index is 13.3. The molecule has 1 aliphatic rings. The molecule has 1 fully saturated rings. The van der Waals surface area contributed by atoms with Crippen molar-refractivity contribution in [1.29, 1.82) is 5.26 Å². The van der Waals surface area contributed by atoms with E-state index in [1.165, 1.54) is 0 Å². The number of aliphatic hydroxyl groups is 1. The second-order valence-corrected chi connectivity index (χ2v) is 4.37. The van der Waals surface area contributed by atoms with E-state index >= 15 is 0 Å². The monoisotopic (exact) mass is 234 g/mol. The van der Waals surface area contributed by atoms with E-state index in [1.807, 2.05) is 23.1 Å². The van der Waals surface area contributed by atoms with Crippen molar-refractivity contribution in [3.05, 3.63) is 35.4 Å². The molecule has 2 rings (SSSR count). The zero-order chi connectivity index (χ0) is 12.3. The molecule has 0 amide bonds. The van der Waals surface area contributed by atoms with E-state index in [-0.39, 0.29) is 12.6 Å². The van der Waals surface area contributed by atoms with Gasteiger partial charge in [0, 0.05) is 19.1 Å². The molecule has 2 atom stereocenters. The molecular formula is C13H15FN2O. The Labute approximate surface area is 100 Å². The van der Waals surface area contributed by atoms with Crippen LogP contribution in [-0.4, -0.2) is 35.4 Å². The molecule has 17 heavy (non-hydrogen) atoms. The van der Waals surface area contributed by atoms with Gasteiger partial charge in [0.25, 0.3) is 0 Å². The minimum Gasteiger partial charge on any atom is -0.395 e. The molecule has 1 N–H and O–H groups in total. The smallest absolute Gasteiger partial charge is 0.114 e. The average molecular weight is 234 g/mol. The van der Waals surface area contributed by atoms with Crippen molar-refractivity contribution in [2.45, 2.75) is 25.2 Å². The number of benzene rings is 1. The van der Waals surface area contributed by atoms with E-state index in [1.54, 1.807) is 6.07 Å². The molecule has 1 aromatic carbocycles. The molecule has 0 saturated carbocycles. The first-order chi connectivity index (χ1) is 8.24. The third-order valence-electron chi connectivity index (χ3n) is 3.20. The number of nitriles is 1. The molecule has 0 radical (unpaired) electrons. The predicted octanol–water partition coefficient (Wildman–Crippen LogP) is 1.46. The average Bonchev–Trinajstić information content (AvgIpc) is 2.70. The summed E-state index contributed by atoms with van der Waals surface area (Å²) >= 11 is 0. The highest BCUT2D eigenvalue weighted by Crippen LogP contribution is 2.23. The first-order valence-electron chi connectivity index (χ1n) is 5.71. The summed E-state index contributed by atoms with van der Waals surface area (Å²) in [6.45, 7) is 0.829. The van der Waals surface area contributed by atoms with Crippen molar-refractivity contribution >= 4 is 0 Å². The van der Waals surface area contributed by atoms with E-state index in [0.29, 0.717) is 25.1 Å². The lowest BCUT2D eigenvalue weighted by Gasteiger charge is -2.22. The summed E-state index contributed by atoms with van der Waals surface area (Å²) in [6.07, 6.45) is -0.494. The summed E-state index contributed by atoms with van der Waals surface area (Å²) in [7, 11) is 0. The van der Waals surface area contributed by atoms with Gasteiger partial charge in [-0.3, -0.25) is 4.90 Å². The van der Waals surface area contributed by atoms with Crippen molar-refractivity contribution in [3.8, 4) is 6.07 Å². The van der Waals surface area contributed by atoms with Crippen LogP contribution in [0.15, 0.2) is 24.3 Å². The zero-order valence-electron chi connectivity index (χ0n) is 9.51. The minimum absolute atomic E-state index is 0.0326. The highest BCUT2D eigenvalue weighted by atomic mass is 19.1. The maximum atomic E-state index is 13.3. The lowest BCUT2D eigenvalue weighted by Crippen LogP contribution is -2.32. The van der Waals surface area contributed by atoms with Crippen LogP contribution in [0.1, 0.15) is 17.5 Å². The van der Waals surface area contributed by atoms with E-state index in [9.17, 15) is 9.50 Å². The third kappa shape index (κ3) is 2.63. The number of alkyl halides is 1. The Morgan fingerprint density at radius 1 is 1.47 bits per heavy atom. The number of likely N-dealkylation sites (tertiary alicyclic amines) is 1. The van der Waals surface area contributed by atoms with Crippen LogP contribution in [-0.2, 0) is 6.54 Å². The third-order valence-corrected chi connectivity index (χ3v) is 3.20. The highest BCUT2D eigenvalue weighted by molar-refractivity contribution is 5.37. The second-order valence-electron chi connectivity index (χ2n) is 4.37. The maximum Gasteiger partial charge on any atom is 0.114 e. The van der Waals surface area contributed by atoms with Crippen LogP contribution >= 0.6 is 0 Å². The van der Waals surface area contributed by atoms with Crippen LogP contribution in [0, 0.1) is 11.3 Å². The fourth-order valence-corrected chi connectivity index (χ4v) is 2.29. The number of hydrogen-bond acceptors (Lipinski definition) is 3. The van der Waals surface area contributed by atoms with Gasteiger partial charge >= 0.3 is 0 Å². The Bertz CT molecular complexity index is 430. The number of nitrogens with zero attached hydrogens (tertiary/aromatic N) is 2. The highest BCUT2D eigenvalue weighted by Gasteiger charge is 2.31.